The van der Waals surface area contributed by atoms with Crippen LogP contribution >= 0.6 is 0 Å². The molecule has 0 saturated heterocycles. The largest absolute Gasteiger partial charge is 0.487 e. The summed E-state index contributed by atoms with van der Waals surface area (Å²) in [6.07, 6.45) is 0.281. The fourth-order valence-electron chi connectivity index (χ4n) is 3.83. The number of fused-ring (bicyclic) bond motifs is 1. The highest BCUT2D eigenvalue weighted by Gasteiger charge is 2.28. The number of para-hydroxylation sites is 1. The number of hydrogen-bond acceptors (Lipinski definition) is 4. The highest BCUT2D eigenvalue weighted by Crippen LogP contribution is 2.41. The van der Waals surface area contributed by atoms with Crippen molar-refractivity contribution in [3.8, 4) is 16.9 Å². The fraction of sp³-hybridized carbons (Fsp3) is 0.280. The van der Waals surface area contributed by atoms with E-state index in [1.807, 2.05) is 25.1 Å². The first-order valence-corrected chi connectivity index (χ1v) is 11.6. The minimum absolute atomic E-state index is 0.0177. The van der Waals surface area contributed by atoms with Crippen LogP contribution < -0.4 is 4.74 Å². The maximum absolute atomic E-state index is 12.5. The van der Waals surface area contributed by atoms with Gasteiger partial charge in [0.15, 0.2) is 0 Å². The molecule has 0 aliphatic carbocycles. The summed E-state index contributed by atoms with van der Waals surface area (Å²) in [5.41, 5.74) is 5.53. The predicted octanol–water partition coefficient (Wildman–Crippen LogP) is 5.49. The normalized spacial score (nSPS) is 15.8. The molecule has 4 rings (SSSR count). The van der Waals surface area contributed by atoms with Crippen molar-refractivity contribution in [2.24, 2.45) is 0 Å². The van der Waals surface area contributed by atoms with Crippen LogP contribution in [0.15, 0.2) is 71.6 Å². The second-order valence-electron chi connectivity index (χ2n) is 8.03. The molecule has 0 amide bonds. The summed E-state index contributed by atoms with van der Waals surface area (Å²) >= 11 is 0. The maximum atomic E-state index is 12.5. The SMILES string of the molecule is Cc1ccc(S(=O)(=O)OCC2Cc3cccc(-c4ccccc4C(C)C)c3O2)cc1. The summed E-state index contributed by atoms with van der Waals surface area (Å²) in [5, 5.41) is 0. The van der Waals surface area contributed by atoms with Crippen LogP contribution in [0.3, 0.4) is 0 Å². The lowest BCUT2D eigenvalue weighted by atomic mass is 9.91. The van der Waals surface area contributed by atoms with Crippen LogP contribution in [0.2, 0.25) is 0 Å². The Balaban J connectivity index is 1.53. The number of rotatable bonds is 6. The second-order valence-corrected chi connectivity index (χ2v) is 9.65. The monoisotopic (exact) mass is 422 g/mol. The number of benzene rings is 3. The van der Waals surface area contributed by atoms with Crippen LogP contribution in [0.4, 0.5) is 0 Å². The zero-order valence-electron chi connectivity index (χ0n) is 17.5. The van der Waals surface area contributed by atoms with Crippen molar-refractivity contribution in [2.75, 3.05) is 6.61 Å². The maximum Gasteiger partial charge on any atom is 0.297 e. The Morgan fingerprint density at radius 2 is 1.67 bits per heavy atom. The second kappa shape index (κ2) is 8.25. The van der Waals surface area contributed by atoms with Crippen LogP contribution in [-0.2, 0) is 20.7 Å². The Bertz CT molecular complexity index is 1150. The van der Waals surface area contributed by atoms with Crippen molar-refractivity contribution in [1.29, 1.82) is 0 Å². The molecular weight excluding hydrogens is 396 g/mol. The van der Waals surface area contributed by atoms with Gasteiger partial charge in [-0.05, 0) is 41.7 Å². The quantitative estimate of drug-likeness (QED) is 0.493. The Hall–Kier alpha value is -2.63. The molecule has 0 N–H and O–H groups in total. The van der Waals surface area contributed by atoms with Gasteiger partial charge in [0, 0.05) is 12.0 Å². The molecule has 30 heavy (non-hydrogen) atoms. The topological polar surface area (TPSA) is 52.6 Å². The van der Waals surface area contributed by atoms with Gasteiger partial charge < -0.3 is 4.74 Å². The zero-order chi connectivity index (χ0) is 21.3. The predicted molar refractivity (Wildman–Crippen MR) is 118 cm³/mol. The van der Waals surface area contributed by atoms with Crippen LogP contribution in [0, 0.1) is 6.92 Å². The van der Waals surface area contributed by atoms with Gasteiger partial charge in [0.1, 0.15) is 18.5 Å². The standard InChI is InChI=1S/C25H26O4S/c1-17(2)22-8-4-5-9-23(22)24-10-6-7-19-15-20(29-25(19)24)16-28-30(26,27)21-13-11-18(3)12-14-21/h4-14,17,20H,15-16H2,1-3H3. The van der Waals surface area contributed by atoms with Gasteiger partial charge in [-0.15, -0.1) is 0 Å². The van der Waals surface area contributed by atoms with E-state index < -0.39 is 10.1 Å². The van der Waals surface area contributed by atoms with Gasteiger partial charge in [-0.25, -0.2) is 0 Å². The summed E-state index contributed by atoms with van der Waals surface area (Å²) in [4.78, 5) is 0.162. The van der Waals surface area contributed by atoms with E-state index in [-0.39, 0.29) is 17.6 Å². The first-order chi connectivity index (χ1) is 14.3. The fourth-order valence-corrected chi connectivity index (χ4v) is 4.76. The Labute approximate surface area is 178 Å². The molecular formula is C25H26O4S. The van der Waals surface area contributed by atoms with Crippen molar-refractivity contribution in [2.45, 2.75) is 44.1 Å². The third-order valence-corrected chi connectivity index (χ3v) is 6.72. The van der Waals surface area contributed by atoms with Crippen molar-refractivity contribution in [1.82, 2.24) is 0 Å². The summed E-state index contributed by atoms with van der Waals surface area (Å²) in [6, 6.07) is 21.1. The molecule has 1 unspecified atom stereocenters. The van der Waals surface area contributed by atoms with Gasteiger partial charge in [0.25, 0.3) is 10.1 Å². The van der Waals surface area contributed by atoms with E-state index in [0.29, 0.717) is 12.3 Å². The molecule has 1 aliphatic rings. The number of hydrogen-bond donors (Lipinski definition) is 0. The van der Waals surface area contributed by atoms with E-state index in [1.165, 1.54) is 5.56 Å². The Kier molecular flexibility index (Phi) is 5.67. The van der Waals surface area contributed by atoms with Gasteiger partial charge in [-0.1, -0.05) is 74.0 Å². The highest BCUT2D eigenvalue weighted by molar-refractivity contribution is 7.86. The van der Waals surface area contributed by atoms with Crippen molar-refractivity contribution >= 4 is 10.1 Å². The van der Waals surface area contributed by atoms with E-state index in [4.69, 9.17) is 8.92 Å². The molecule has 0 radical (unpaired) electrons. The van der Waals surface area contributed by atoms with Crippen molar-refractivity contribution < 1.29 is 17.3 Å². The summed E-state index contributed by atoms with van der Waals surface area (Å²) < 4.78 is 36.5. The zero-order valence-corrected chi connectivity index (χ0v) is 18.3. The van der Waals surface area contributed by atoms with Gasteiger partial charge in [-0.2, -0.15) is 8.42 Å². The van der Waals surface area contributed by atoms with Gasteiger partial charge in [-0.3, -0.25) is 4.18 Å². The first kappa shape index (κ1) is 20.6. The molecule has 0 fully saturated rings. The summed E-state index contributed by atoms with van der Waals surface area (Å²) in [5.74, 6) is 1.21. The van der Waals surface area contributed by atoms with Crippen LogP contribution in [-0.4, -0.2) is 21.1 Å². The van der Waals surface area contributed by atoms with Crippen LogP contribution in [0.1, 0.15) is 36.5 Å². The van der Waals surface area contributed by atoms with Crippen LogP contribution in [0.25, 0.3) is 11.1 Å². The molecule has 1 aliphatic heterocycles. The lowest BCUT2D eigenvalue weighted by Gasteiger charge is -2.16. The van der Waals surface area contributed by atoms with Gasteiger partial charge in [0.05, 0.1) is 4.90 Å². The number of aryl methyl sites for hydroxylation is 1. The summed E-state index contributed by atoms with van der Waals surface area (Å²) in [7, 11) is -3.81. The minimum Gasteiger partial charge on any atom is -0.487 e. The van der Waals surface area contributed by atoms with Crippen molar-refractivity contribution in [3.05, 3.63) is 83.4 Å². The first-order valence-electron chi connectivity index (χ1n) is 10.2. The van der Waals surface area contributed by atoms with E-state index >= 15 is 0 Å². The van der Waals surface area contributed by atoms with E-state index in [9.17, 15) is 8.42 Å². The molecule has 1 heterocycles. The third-order valence-electron chi connectivity index (χ3n) is 5.42. The lowest BCUT2D eigenvalue weighted by molar-refractivity contribution is 0.152. The van der Waals surface area contributed by atoms with Gasteiger partial charge >= 0.3 is 0 Å². The van der Waals surface area contributed by atoms with Crippen molar-refractivity contribution in [3.63, 3.8) is 0 Å². The highest BCUT2D eigenvalue weighted by atomic mass is 32.2. The lowest BCUT2D eigenvalue weighted by Crippen LogP contribution is -2.23. The number of ether oxygens (including phenoxy) is 1. The van der Waals surface area contributed by atoms with Gasteiger partial charge in [0.2, 0.25) is 0 Å². The smallest absolute Gasteiger partial charge is 0.297 e. The molecule has 5 heteroatoms. The molecule has 0 bridgehead atoms. The van der Waals surface area contributed by atoms with E-state index in [2.05, 4.69) is 38.1 Å². The molecule has 1 atom stereocenters. The molecule has 0 saturated carbocycles. The third kappa shape index (κ3) is 4.13. The Morgan fingerprint density at radius 1 is 0.967 bits per heavy atom. The molecule has 3 aromatic rings. The van der Waals surface area contributed by atoms with E-state index in [0.717, 1.165) is 28.0 Å². The average molecular weight is 423 g/mol. The van der Waals surface area contributed by atoms with E-state index in [1.54, 1.807) is 24.3 Å². The Morgan fingerprint density at radius 3 is 2.40 bits per heavy atom. The molecule has 3 aromatic carbocycles. The summed E-state index contributed by atoms with van der Waals surface area (Å²) in [6.45, 7) is 6.25. The minimum atomic E-state index is -3.81. The molecule has 0 spiro atoms. The molecule has 156 valence electrons. The molecule has 4 nitrogen and oxygen atoms in total. The average Bonchev–Trinajstić information content (AvgIpc) is 3.16. The molecule has 0 aromatic heterocycles. The van der Waals surface area contributed by atoms with Crippen LogP contribution in [0.5, 0.6) is 5.75 Å².